The Bertz CT molecular complexity index is 981. The van der Waals surface area contributed by atoms with Crippen molar-refractivity contribution in [3.8, 4) is 0 Å². The zero-order valence-electron chi connectivity index (χ0n) is 12.9. The minimum Gasteiger partial charge on any atom is -0.319 e. The lowest BCUT2D eigenvalue weighted by molar-refractivity contribution is 0.0998. The van der Waals surface area contributed by atoms with Crippen molar-refractivity contribution in [3.05, 3.63) is 61.9 Å². The van der Waals surface area contributed by atoms with Crippen molar-refractivity contribution in [1.29, 1.82) is 0 Å². The van der Waals surface area contributed by atoms with E-state index in [1.165, 1.54) is 16.9 Å². The number of rotatable bonds is 1. The molecule has 1 heterocycles. The van der Waals surface area contributed by atoms with E-state index in [1.54, 1.807) is 18.2 Å². The van der Waals surface area contributed by atoms with Gasteiger partial charge in [-0.1, -0.05) is 46.7 Å². The van der Waals surface area contributed by atoms with Crippen LogP contribution in [0.5, 0.6) is 0 Å². The van der Waals surface area contributed by atoms with Crippen LogP contribution in [0.2, 0.25) is 10.0 Å². The Morgan fingerprint density at radius 2 is 1.70 bits per heavy atom. The molecule has 118 valence electrons. The molecule has 3 nitrogen and oxygen atoms in total. The monoisotopic (exact) mass is 364 g/mol. The van der Waals surface area contributed by atoms with E-state index in [0.29, 0.717) is 20.4 Å². The number of hydrogen-bond donors (Lipinski definition) is 0. The lowest BCUT2D eigenvalue weighted by Crippen LogP contribution is -2.13. The van der Waals surface area contributed by atoms with Crippen molar-refractivity contribution in [3.63, 3.8) is 0 Å². The summed E-state index contributed by atoms with van der Waals surface area (Å²) in [6, 6.07) is 8.89. The lowest BCUT2D eigenvalue weighted by Gasteiger charge is -2.02. The maximum absolute atomic E-state index is 12.4. The number of nitrogens with zero attached hydrogens (tertiary/aromatic N) is 2. The molecule has 1 amide bonds. The molecule has 0 saturated carbocycles. The van der Waals surface area contributed by atoms with Crippen LogP contribution in [0.4, 0.5) is 0 Å². The van der Waals surface area contributed by atoms with Crippen LogP contribution < -0.4 is 4.80 Å². The third-order valence-electron chi connectivity index (χ3n) is 3.65. The summed E-state index contributed by atoms with van der Waals surface area (Å²) in [6.45, 7) is 4.11. The van der Waals surface area contributed by atoms with Gasteiger partial charge in [0.2, 0.25) is 0 Å². The highest BCUT2D eigenvalue weighted by Crippen LogP contribution is 2.24. The van der Waals surface area contributed by atoms with E-state index in [2.05, 4.69) is 31.0 Å². The second-order valence-electron chi connectivity index (χ2n) is 5.40. The minimum atomic E-state index is -0.355. The maximum Gasteiger partial charge on any atom is 0.279 e. The molecule has 0 spiro atoms. The highest BCUT2D eigenvalue weighted by molar-refractivity contribution is 7.16. The molecule has 0 N–H and O–H groups in total. The molecular formula is C17H14Cl2N2OS. The highest BCUT2D eigenvalue weighted by Gasteiger charge is 2.11. The summed E-state index contributed by atoms with van der Waals surface area (Å²) in [7, 11) is 1.92. The molecule has 23 heavy (non-hydrogen) atoms. The van der Waals surface area contributed by atoms with E-state index in [4.69, 9.17) is 23.2 Å². The van der Waals surface area contributed by atoms with Gasteiger partial charge in [0.1, 0.15) is 0 Å². The molecule has 0 aliphatic rings. The van der Waals surface area contributed by atoms with Crippen molar-refractivity contribution in [2.75, 3.05) is 0 Å². The largest absolute Gasteiger partial charge is 0.319 e. The van der Waals surface area contributed by atoms with Crippen molar-refractivity contribution in [2.24, 2.45) is 12.0 Å². The van der Waals surface area contributed by atoms with E-state index >= 15 is 0 Å². The Balaban J connectivity index is 2.18. The summed E-state index contributed by atoms with van der Waals surface area (Å²) in [5.41, 5.74) is 3.81. The summed E-state index contributed by atoms with van der Waals surface area (Å²) in [6.07, 6.45) is 0. The smallest absolute Gasteiger partial charge is 0.279 e. The third kappa shape index (κ3) is 3.07. The zero-order chi connectivity index (χ0) is 16.7. The summed E-state index contributed by atoms with van der Waals surface area (Å²) < 4.78 is 3.09. The molecule has 0 aliphatic heterocycles. The molecule has 2 aromatic carbocycles. The Morgan fingerprint density at radius 1 is 1.09 bits per heavy atom. The molecule has 0 unspecified atom stereocenters. The van der Waals surface area contributed by atoms with E-state index in [1.807, 2.05) is 11.6 Å². The number of carbonyl (C=O) groups is 1. The normalized spacial score (nSPS) is 12.1. The number of hydrogen-bond acceptors (Lipinski definition) is 2. The first-order valence-electron chi connectivity index (χ1n) is 6.97. The van der Waals surface area contributed by atoms with E-state index < -0.39 is 0 Å². The molecule has 0 radical (unpaired) electrons. The molecule has 6 heteroatoms. The van der Waals surface area contributed by atoms with Crippen LogP contribution >= 0.6 is 34.5 Å². The Kier molecular flexibility index (Phi) is 4.32. The van der Waals surface area contributed by atoms with Crippen LogP contribution in [0.25, 0.3) is 10.2 Å². The van der Waals surface area contributed by atoms with Gasteiger partial charge in [-0.2, -0.15) is 4.99 Å². The van der Waals surface area contributed by atoms with Gasteiger partial charge in [0.25, 0.3) is 5.91 Å². The number of halogens is 2. The van der Waals surface area contributed by atoms with Gasteiger partial charge in [0, 0.05) is 22.7 Å². The van der Waals surface area contributed by atoms with Crippen LogP contribution in [0.1, 0.15) is 21.5 Å². The van der Waals surface area contributed by atoms with Gasteiger partial charge < -0.3 is 4.57 Å². The average molecular weight is 365 g/mol. The predicted octanol–water partition coefficient (Wildman–Crippen LogP) is 4.90. The molecule has 0 atom stereocenters. The number of benzene rings is 2. The summed E-state index contributed by atoms with van der Waals surface area (Å²) in [5.74, 6) is -0.355. The number of aromatic nitrogens is 1. The van der Waals surface area contributed by atoms with Crippen LogP contribution in [-0.4, -0.2) is 10.5 Å². The summed E-state index contributed by atoms with van der Waals surface area (Å²) >= 11 is 13.4. The van der Waals surface area contributed by atoms with Crippen molar-refractivity contribution in [1.82, 2.24) is 4.57 Å². The Morgan fingerprint density at radius 3 is 2.30 bits per heavy atom. The van der Waals surface area contributed by atoms with E-state index in [-0.39, 0.29) is 5.91 Å². The Labute approximate surface area is 147 Å². The second-order valence-corrected chi connectivity index (χ2v) is 7.25. The minimum absolute atomic E-state index is 0.355. The molecular weight excluding hydrogens is 351 g/mol. The van der Waals surface area contributed by atoms with Gasteiger partial charge in [-0.15, -0.1) is 0 Å². The van der Waals surface area contributed by atoms with Gasteiger partial charge in [-0.05, 0) is 43.2 Å². The van der Waals surface area contributed by atoms with Crippen LogP contribution in [0.15, 0.2) is 35.3 Å². The molecule has 0 saturated heterocycles. The fourth-order valence-corrected chi connectivity index (χ4v) is 4.19. The highest BCUT2D eigenvalue weighted by atomic mass is 35.5. The second kappa shape index (κ2) is 6.11. The summed E-state index contributed by atoms with van der Waals surface area (Å²) in [4.78, 5) is 17.3. The molecule has 0 fully saturated rings. The van der Waals surface area contributed by atoms with Gasteiger partial charge >= 0.3 is 0 Å². The first kappa shape index (κ1) is 16.2. The maximum atomic E-state index is 12.4. The molecule has 0 aliphatic carbocycles. The fraction of sp³-hybridized carbons (Fsp3) is 0.176. The first-order valence-corrected chi connectivity index (χ1v) is 8.55. The number of carbonyl (C=O) groups excluding carboxylic acids is 1. The van der Waals surface area contributed by atoms with Crippen molar-refractivity contribution < 1.29 is 4.79 Å². The van der Waals surface area contributed by atoms with Crippen molar-refractivity contribution in [2.45, 2.75) is 13.8 Å². The molecule has 3 aromatic rings. The quantitative estimate of drug-likeness (QED) is 0.604. The summed E-state index contributed by atoms with van der Waals surface area (Å²) in [5, 5.41) is 0.840. The SMILES string of the molecule is Cc1ccc(C)c2c1sc(=NC(=O)c1cc(Cl)cc(Cl)c1)n2C. The number of thiazole rings is 1. The van der Waals surface area contributed by atoms with Gasteiger partial charge in [0.15, 0.2) is 4.80 Å². The Hall–Kier alpha value is -1.62. The van der Waals surface area contributed by atoms with Gasteiger partial charge in [-0.25, -0.2) is 0 Å². The van der Waals surface area contributed by atoms with E-state index in [9.17, 15) is 4.79 Å². The number of fused-ring (bicyclic) bond motifs is 1. The van der Waals surface area contributed by atoms with E-state index in [0.717, 1.165) is 15.8 Å². The number of aryl methyl sites for hydroxylation is 3. The fourth-order valence-electron chi connectivity index (χ4n) is 2.50. The standard InChI is InChI=1S/C17H14Cl2N2OS/c1-9-4-5-10(2)15-14(9)21(3)17(23-15)20-16(22)11-6-12(18)8-13(19)7-11/h4-8H,1-3H3. The van der Waals surface area contributed by atoms with Gasteiger partial charge in [0.05, 0.1) is 10.2 Å². The molecule has 0 bridgehead atoms. The lowest BCUT2D eigenvalue weighted by atomic mass is 10.1. The van der Waals surface area contributed by atoms with Crippen molar-refractivity contribution >= 4 is 50.7 Å². The number of amides is 1. The third-order valence-corrected chi connectivity index (χ3v) is 5.36. The topological polar surface area (TPSA) is 34.4 Å². The van der Waals surface area contributed by atoms with Crippen LogP contribution in [-0.2, 0) is 7.05 Å². The predicted molar refractivity (Wildman–Crippen MR) is 96.6 cm³/mol. The first-order chi connectivity index (χ1) is 10.9. The van der Waals surface area contributed by atoms with Crippen LogP contribution in [0.3, 0.4) is 0 Å². The van der Waals surface area contributed by atoms with Gasteiger partial charge in [-0.3, -0.25) is 4.79 Å². The average Bonchev–Trinajstić information content (AvgIpc) is 2.80. The molecule has 1 aromatic heterocycles. The van der Waals surface area contributed by atoms with Crippen LogP contribution in [0, 0.1) is 13.8 Å². The molecule has 3 rings (SSSR count). The zero-order valence-corrected chi connectivity index (χ0v) is 15.2.